The predicted octanol–water partition coefficient (Wildman–Crippen LogP) is 3.85. The maximum absolute atomic E-state index is 12.7. The Morgan fingerprint density at radius 3 is 2.67 bits per heavy atom. The molecule has 0 aliphatic carbocycles. The minimum Gasteiger partial charge on any atom is -0.334 e. The van der Waals surface area contributed by atoms with Gasteiger partial charge in [0.2, 0.25) is 5.91 Å². The van der Waals surface area contributed by atoms with Gasteiger partial charge in [-0.25, -0.2) is 4.98 Å². The topological polar surface area (TPSA) is 114 Å². The van der Waals surface area contributed by atoms with Crippen LogP contribution < -0.4 is 10.9 Å². The second-order valence-corrected chi connectivity index (χ2v) is 8.09. The number of aryl methyl sites for hydroxylation is 2. The number of nitrogens with zero attached hydrogens (tertiary/aromatic N) is 3. The van der Waals surface area contributed by atoms with Gasteiger partial charge in [-0.15, -0.1) is 0 Å². The van der Waals surface area contributed by atoms with Crippen LogP contribution in [0.25, 0.3) is 11.5 Å². The smallest absolute Gasteiger partial charge is 0.260 e. The summed E-state index contributed by atoms with van der Waals surface area (Å²) < 4.78 is 5.40. The van der Waals surface area contributed by atoms with E-state index >= 15 is 0 Å². The Morgan fingerprint density at radius 2 is 2.03 bits per heavy atom. The summed E-state index contributed by atoms with van der Waals surface area (Å²) in [5.74, 6) is 0.904. The van der Waals surface area contributed by atoms with Crippen LogP contribution in [0.1, 0.15) is 48.8 Å². The van der Waals surface area contributed by atoms with Gasteiger partial charge in [-0.2, -0.15) is 4.98 Å². The summed E-state index contributed by atoms with van der Waals surface area (Å²) in [4.78, 5) is 36.5. The third kappa shape index (κ3) is 4.79. The Morgan fingerprint density at radius 1 is 1.27 bits per heavy atom. The molecule has 0 aliphatic heterocycles. The van der Waals surface area contributed by atoms with Crippen LogP contribution in [0, 0.1) is 13.8 Å². The van der Waals surface area contributed by atoms with Gasteiger partial charge in [0.1, 0.15) is 0 Å². The molecule has 9 heteroatoms. The van der Waals surface area contributed by atoms with Gasteiger partial charge in [-0.1, -0.05) is 42.9 Å². The molecule has 30 heavy (non-hydrogen) atoms. The summed E-state index contributed by atoms with van der Waals surface area (Å²) in [6.07, 6.45) is 2.30. The van der Waals surface area contributed by atoms with Crippen LogP contribution in [-0.2, 0) is 11.2 Å². The van der Waals surface area contributed by atoms with Crippen molar-refractivity contribution in [3.05, 3.63) is 51.2 Å². The summed E-state index contributed by atoms with van der Waals surface area (Å²) in [5, 5.41) is 7.52. The highest BCUT2D eigenvalue weighted by atomic mass is 32.2. The molecule has 8 nitrogen and oxygen atoms in total. The lowest BCUT2D eigenvalue weighted by Gasteiger charge is -2.12. The zero-order valence-corrected chi connectivity index (χ0v) is 18.5. The van der Waals surface area contributed by atoms with Crippen molar-refractivity contribution in [1.29, 1.82) is 0 Å². The summed E-state index contributed by atoms with van der Waals surface area (Å²) in [7, 11) is 0. The van der Waals surface area contributed by atoms with E-state index in [0.29, 0.717) is 45.8 Å². The van der Waals surface area contributed by atoms with Gasteiger partial charge < -0.3 is 14.8 Å². The lowest BCUT2D eigenvalue weighted by molar-refractivity contribution is -0.116. The van der Waals surface area contributed by atoms with Crippen molar-refractivity contribution < 1.29 is 9.32 Å². The number of carbonyl (C=O) groups is 1. The van der Waals surface area contributed by atoms with Crippen LogP contribution in [-0.4, -0.2) is 32.3 Å². The Hall–Kier alpha value is -2.94. The Kier molecular flexibility index (Phi) is 6.71. The molecular weight excluding hydrogens is 402 g/mol. The van der Waals surface area contributed by atoms with E-state index in [9.17, 15) is 9.59 Å². The monoisotopic (exact) mass is 427 g/mol. The van der Waals surface area contributed by atoms with Gasteiger partial charge in [0, 0.05) is 23.6 Å². The predicted molar refractivity (Wildman–Crippen MR) is 117 cm³/mol. The van der Waals surface area contributed by atoms with Crippen LogP contribution in [0.3, 0.4) is 0 Å². The van der Waals surface area contributed by atoms with E-state index in [4.69, 9.17) is 4.52 Å². The molecule has 0 saturated carbocycles. The van der Waals surface area contributed by atoms with Crippen molar-refractivity contribution in [1.82, 2.24) is 20.1 Å². The first-order chi connectivity index (χ1) is 14.3. The standard InChI is InChI=1S/C21H25N5O3S/c1-11(2)18-24-20(29-26-18)15-8-6-7-12(3)17(15)23-16(27)10-9-14-13(4)22-21(30-5)25-19(14)28/h6-8,11H,9-10H2,1-5H3,(H,23,27)(H,22,25,28). The summed E-state index contributed by atoms with van der Waals surface area (Å²) in [5.41, 5.74) is 3.13. The normalized spacial score (nSPS) is 11.1. The molecule has 0 aliphatic rings. The average Bonchev–Trinajstić information content (AvgIpc) is 3.19. The number of rotatable bonds is 7. The van der Waals surface area contributed by atoms with E-state index in [0.717, 1.165) is 5.56 Å². The van der Waals surface area contributed by atoms with Crippen LogP contribution in [0.2, 0.25) is 0 Å². The molecule has 0 bridgehead atoms. The van der Waals surface area contributed by atoms with Crippen LogP contribution in [0.4, 0.5) is 5.69 Å². The molecule has 1 amide bonds. The van der Waals surface area contributed by atoms with Gasteiger partial charge in [-0.05, 0) is 38.2 Å². The molecule has 3 rings (SSSR count). The third-order valence-corrected chi connectivity index (χ3v) is 5.30. The minimum atomic E-state index is -0.207. The highest BCUT2D eigenvalue weighted by Gasteiger charge is 2.18. The number of amides is 1. The van der Waals surface area contributed by atoms with Crippen LogP contribution >= 0.6 is 11.8 Å². The largest absolute Gasteiger partial charge is 0.334 e. The van der Waals surface area contributed by atoms with E-state index < -0.39 is 0 Å². The summed E-state index contributed by atoms with van der Waals surface area (Å²) in [6.45, 7) is 7.65. The van der Waals surface area contributed by atoms with Gasteiger partial charge in [0.25, 0.3) is 11.4 Å². The Bertz CT molecular complexity index is 1120. The quantitative estimate of drug-likeness (QED) is 0.435. The van der Waals surface area contributed by atoms with Crippen molar-refractivity contribution in [2.24, 2.45) is 0 Å². The number of anilines is 1. The highest BCUT2D eigenvalue weighted by molar-refractivity contribution is 7.98. The number of hydrogen-bond acceptors (Lipinski definition) is 7. The maximum atomic E-state index is 12.7. The number of nitrogens with one attached hydrogen (secondary N) is 2. The van der Waals surface area contributed by atoms with Gasteiger partial charge in [-0.3, -0.25) is 9.59 Å². The fourth-order valence-electron chi connectivity index (χ4n) is 3.01. The number of para-hydroxylation sites is 1. The summed E-state index contributed by atoms with van der Waals surface area (Å²) in [6, 6.07) is 5.61. The van der Waals surface area contributed by atoms with Gasteiger partial charge in [0.15, 0.2) is 11.0 Å². The molecule has 0 unspecified atom stereocenters. The van der Waals surface area contributed by atoms with Crippen molar-refractivity contribution in [3.63, 3.8) is 0 Å². The molecular formula is C21H25N5O3S. The molecule has 2 heterocycles. The Balaban J connectivity index is 1.78. The SMILES string of the molecule is CSc1nc(C)c(CCC(=O)Nc2c(C)cccc2-c2nc(C(C)C)no2)c(=O)[nH]1. The van der Waals surface area contributed by atoms with Crippen molar-refractivity contribution in [2.45, 2.75) is 51.6 Å². The second kappa shape index (κ2) is 9.25. The fourth-order valence-corrected chi connectivity index (χ4v) is 3.43. The number of thioether (sulfide) groups is 1. The first kappa shape index (κ1) is 21.8. The lowest BCUT2D eigenvalue weighted by Crippen LogP contribution is -2.20. The first-order valence-electron chi connectivity index (χ1n) is 9.67. The van der Waals surface area contributed by atoms with E-state index in [1.54, 1.807) is 6.92 Å². The number of benzene rings is 1. The average molecular weight is 428 g/mol. The minimum absolute atomic E-state index is 0.137. The number of aromatic amines is 1. The highest BCUT2D eigenvalue weighted by Crippen LogP contribution is 2.30. The number of hydrogen-bond donors (Lipinski definition) is 2. The van der Waals surface area contributed by atoms with E-state index in [1.165, 1.54) is 11.8 Å². The maximum Gasteiger partial charge on any atom is 0.260 e. The van der Waals surface area contributed by atoms with E-state index in [2.05, 4.69) is 25.4 Å². The second-order valence-electron chi connectivity index (χ2n) is 7.30. The molecule has 0 radical (unpaired) electrons. The fraction of sp³-hybridized carbons (Fsp3) is 0.381. The lowest BCUT2D eigenvalue weighted by atomic mass is 10.1. The molecule has 1 aromatic carbocycles. The van der Waals surface area contributed by atoms with Crippen LogP contribution in [0.5, 0.6) is 0 Å². The molecule has 0 saturated heterocycles. The molecule has 2 N–H and O–H groups in total. The molecule has 158 valence electrons. The van der Waals surface area contributed by atoms with E-state index in [1.807, 2.05) is 45.2 Å². The number of carbonyl (C=O) groups excluding carboxylic acids is 1. The number of aromatic nitrogens is 4. The van der Waals surface area contributed by atoms with Crippen molar-refractivity contribution >= 4 is 23.4 Å². The molecule has 0 fully saturated rings. The molecule has 2 aromatic heterocycles. The van der Waals surface area contributed by atoms with E-state index in [-0.39, 0.29) is 23.8 Å². The van der Waals surface area contributed by atoms with Gasteiger partial charge >= 0.3 is 0 Å². The number of H-pyrrole nitrogens is 1. The Labute approximate surface area is 178 Å². The third-order valence-electron chi connectivity index (χ3n) is 4.72. The molecule has 0 spiro atoms. The van der Waals surface area contributed by atoms with Gasteiger partial charge in [0.05, 0.1) is 11.3 Å². The van der Waals surface area contributed by atoms with Crippen molar-refractivity contribution in [2.75, 3.05) is 11.6 Å². The summed E-state index contributed by atoms with van der Waals surface area (Å²) >= 11 is 1.37. The first-order valence-corrected chi connectivity index (χ1v) is 10.9. The molecule has 3 aromatic rings. The van der Waals surface area contributed by atoms with Crippen molar-refractivity contribution in [3.8, 4) is 11.5 Å². The molecule has 0 atom stereocenters. The zero-order valence-electron chi connectivity index (χ0n) is 17.7. The van der Waals surface area contributed by atoms with Crippen LogP contribution in [0.15, 0.2) is 32.7 Å². The zero-order chi connectivity index (χ0) is 21.8.